The molecule has 0 amide bonds. The van der Waals surface area contributed by atoms with Gasteiger partial charge in [0.05, 0.1) is 24.3 Å². The van der Waals surface area contributed by atoms with Gasteiger partial charge in [-0.2, -0.15) is 5.26 Å². The van der Waals surface area contributed by atoms with Gasteiger partial charge in [-0.3, -0.25) is 4.90 Å². The molecule has 0 unspecified atom stereocenters. The summed E-state index contributed by atoms with van der Waals surface area (Å²) in [6, 6.07) is 9.63. The van der Waals surface area contributed by atoms with Crippen molar-refractivity contribution < 1.29 is 5.11 Å². The van der Waals surface area contributed by atoms with Crippen molar-refractivity contribution in [1.82, 2.24) is 10.2 Å². The van der Waals surface area contributed by atoms with Crippen molar-refractivity contribution in [2.24, 2.45) is 0 Å². The van der Waals surface area contributed by atoms with Crippen molar-refractivity contribution >= 4 is 12.4 Å². The lowest BCUT2D eigenvalue weighted by Crippen LogP contribution is -2.46. The fourth-order valence-electron chi connectivity index (χ4n) is 2.21. The third kappa shape index (κ3) is 3.44. The molecule has 2 N–H and O–H groups in total. The summed E-state index contributed by atoms with van der Waals surface area (Å²) in [6.07, 6.45) is 0. The standard InChI is InChI=1S/C13H17N3O.ClH/c14-9-11-1-3-12(4-2-11)13(10-17)16-7-5-15-6-8-16;/h1-4,13,15,17H,5-8,10H2;1H/t13-;/m0./s1. The highest BCUT2D eigenvalue weighted by atomic mass is 35.5. The van der Waals surface area contributed by atoms with Gasteiger partial charge < -0.3 is 10.4 Å². The van der Waals surface area contributed by atoms with E-state index in [0.717, 1.165) is 31.7 Å². The number of rotatable bonds is 3. The van der Waals surface area contributed by atoms with Gasteiger partial charge in [0.1, 0.15) is 0 Å². The van der Waals surface area contributed by atoms with E-state index in [1.165, 1.54) is 0 Å². The van der Waals surface area contributed by atoms with E-state index in [2.05, 4.69) is 16.3 Å². The Bertz CT molecular complexity index is 396. The highest BCUT2D eigenvalue weighted by Gasteiger charge is 2.21. The van der Waals surface area contributed by atoms with Crippen molar-refractivity contribution in [3.63, 3.8) is 0 Å². The Morgan fingerprint density at radius 3 is 2.39 bits per heavy atom. The maximum Gasteiger partial charge on any atom is 0.0991 e. The van der Waals surface area contributed by atoms with Crippen LogP contribution in [0.5, 0.6) is 0 Å². The maximum absolute atomic E-state index is 9.53. The van der Waals surface area contributed by atoms with Crippen LogP contribution >= 0.6 is 12.4 Å². The van der Waals surface area contributed by atoms with Gasteiger partial charge in [0.15, 0.2) is 0 Å². The maximum atomic E-state index is 9.53. The smallest absolute Gasteiger partial charge is 0.0991 e. The van der Waals surface area contributed by atoms with Crippen LogP contribution in [0.25, 0.3) is 0 Å². The van der Waals surface area contributed by atoms with Crippen LogP contribution < -0.4 is 5.32 Å². The Hall–Kier alpha value is -1.12. The number of nitriles is 1. The van der Waals surface area contributed by atoms with Gasteiger partial charge in [0, 0.05) is 26.2 Å². The Kier molecular flexibility index (Phi) is 6.10. The molecule has 1 fully saturated rings. The van der Waals surface area contributed by atoms with Gasteiger partial charge in [0.25, 0.3) is 0 Å². The first-order valence-corrected chi connectivity index (χ1v) is 5.91. The van der Waals surface area contributed by atoms with Crippen LogP contribution in [0, 0.1) is 11.3 Å². The van der Waals surface area contributed by atoms with Gasteiger partial charge >= 0.3 is 0 Å². The number of hydrogen-bond acceptors (Lipinski definition) is 4. The average Bonchev–Trinajstić information content (AvgIpc) is 2.42. The minimum atomic E-state index is 0. The summed E-state index contributed by atoms with van der Waals surface area (Å²) in [4.78, 5) is 2.28. The first-order valence-electron chi connectivity index (χ1n) is 5.91. The van der Waals surface area contributed by atoms with E-state index in [1.54, 1.807) is 12.1 Å². The van der Waals surface area contributed by atoms with Crippen LogP contribution in [0.2, 0.25) is 0 Å². The quantitative estimate of drug-likeness (QED) is 0.855. The van der Waals surface area contributed by atoms with Crippen molar-refractivity contribution in [3.05, 3.63) is 35.4 Å². The second kappa shape index (κ2) is 7.34. The van der Waals surface area contributed by atoms with Gasteiger partial charge in [0.2, 0.25) is 0 Å². The molecule has 98 valence electrons. The Morgan fingerprint density at radius 1 is 1.28 bits per heavy atom. The topological polar surface area (TPSA) is 59.3 Å². The number of aliphatic hydroxyl groups is 1. The largest absolute Gasteiger partial charge is 0.394 e. The number of aliphatic hydroxyl groups excluding tert-OH is 1. The SMILES string of the molecule is Cl.N#Cc1ccc([C@H](CO)N2CCNCC2)cc1. The molecule has 5 heteroatoms. The second-order valence-corrected chi connectivity index (χ2v) is 4.22. The van der Waals surface area contributed by atoms with E-state index >= 15 is 0 Å². The zero-order valence-electron chi connectivity index (χ0n) is 10.2. The number of hydrogen-bond donors (Lipinski definition) is 2. The van der Waals surface area contributed by atoms with Gasteiger partial charge in [-0.25, -0.2) is 0 Å². The monoisotopic (exact) mass is 267 g/mol. The highest BCUT2D eigenvalue weighted by Crippen LogP contribution is 2.20. The van der Waals surface area contributed by atoms with E-state index in [9.17, 15) is 5.11 Å². The van der Waals surface area contributed by atoms with Gasteiger partial charge in [-0.1, -0.05) is 12.1 Å². The summed E-state index contributed by atoms with van der Waals surface area (Å²) in [5, 5.41) is 21.6. The first kappa shape index (κ1) is 14.9. The molecule has 1 heterocycles. The molecule has 1 saturated heterocycles. The van der Waals surface area contributed by atoms with Crippen LogP contribution in [-0.2, 0) is 0 Å². The Balaban J connectivity index is 0.00000162. The fraction of sp³-hybridized carbons (Fsp3) is 0.462. The minimum absolute atomic E-state index is 0. The Labute approximate surface area is 114 Å². The molecule has 0 radical (unpaired) electrons. The first-order chi connectivity index (χ1) is 8.35. The number of halogens is 1. The molecule has 1 aromatic carbocycles. The summed E-state index contributed by atoms with van der Waals surface area (Å²) in [6.45, 7) is 3.95. The van der Waals surface area contributed by atoms with Gasteiger partial charge in [-0.05, 0) is 17.7 Å². The molecule has 1 atom stereocenters. The van der Waals surface area contributed by atoms with E-state index in [4.69, 9.17) is 5.26 Å². The van der Waals surface area contributed by atoms with E-state index in [1.807, 2.05) is 12.1 Å². The van der Waals surface area contributed by atoms with E-state index in [-0.39, 0.29) is 25.1 Å². The molecule has 4 nitrogen and oxygen atoms in total. The zero-order valence-corrected chi connectivity index (χ0v) is 11.0. The normalized spacial score (nSPS) is 17.6. The molecule has 0 saturated carbocycles. The molecule has 0 bridgehead atoms. The van der Waals surface area contributed by atoms with Crippen molar-refractivity contribution in [2.75, 3.05) is 32.8 Å². The zero-order chi connectivity index (χ0) is 12.1. The van der Waals surface area contributed by atoms with Crippen molar-refractivity contribution in [1.29, 1.82) is 5.26 Å². The molecule has 0 aromatic heterocycles. The van der Waals surface area contributed by atoms with Gasteiger partial charge in [-0.15, -0.1) is 12.4 Å². The van der Waals surface area contributed by atoms with Crippen LogP contribution in [0.4, 0.5) is 0 Å². The van der Waals surface area contributed by atoms with E-state index in [0.29, 0.717) is 5.56 Å². The predicted molar refractivity (Wildman–Crippen MR) is 72.7 cm³/mol. The summed E-state index contributed by atoms with van der Waals surface area (Å²) in [5.41, 5.74) is 1.74. The van der Waals surface area contributed by atoms with Crippen LogP contribution in [0.3, 0.4) is 0 Å². The van der Waals surface area contributed by atoms with Crippen molar-refractivity contribution in [2.45, 2.75) is 6.04 Å². The summed E-state index contributed by atoms with van der Waals surface area (Å²) in [7, 11) is 0. The average molecular weight is 268 g/mol. The molecular formula is C13H18ClN3O. The molecule has 1 aliphatic heterocycles. The molecular weight excluding hydrogens is 250 g/mol. The number of benzene rings is 1. The summed E-state index contributed by atoms with van der Waals surface area (Å²) >= 11 is 0. The molecule has 2 rings (SSSR count). The third-order valence-electron chi connectivity index (χ3n) is 3.19. The summed E-state index contributed by atoms with van der Waals surface area (Å²) in [5.74, 6) is 0. The van der Waals surface area contributed by atoms with Crippen LogP contribution in [0.1, 0.15) is 17.2 Å². The molecule has 1 aromatic rings. The molecule has 0 aliphatic carbocycles. The predicted octanol–water partition coefficient (Wildman–Crippen LogP) is 0.919. The Morgan fingerprint density at radius 2 is 1.89 bits per heavy atom. The minimum Gasteiger partial charge on any atom is -0.394 e. The third-order valence-corrected chi connectivity index (χ3v) is 3.19. The molecule has 0 spiro atoms. The lowest BCUT2D eigenvalue weighted by atomic mass is 10.0. The van der Waals surface area contributed by atoms with Crippen LogP contribution in [-0.4, -0.2) is 42.8 Å². The van der Waals surface area contributed by atoms with Crippen LogP contribution in [0.15, 0.2) is 24.3 Å². The second-order valence-electron chi connectivity index (χ2n) is 4.22. The molecule has 18 heavy (non-hydrogen) atoms. The number of nitrogens with zero attached hydrogens (tertiary/aromatic N) is 2. The lowest BCUT2D eigenvalue weighted by Gasteiger charge is -2.34. The molecule has 1 aliphatic rings. The fourth-order valence-corrected chi connectivity index (χ4v) is 2.21. The van der Waals surface area contributed by atoms with E-state index < -0.39 is 0 Å². The number of piperazine rings is 1. The lowest BCUT2D eigenvalue weighted by molar-refractivity contribution is 0.111. The summed E-state index contributed by atoms with van der Waals surface area (Å²) < 4.78 is 0. The number of nitrogens with one attached hydrogen (secondary N) is 1. The van der Waals surface area contributed by atoms with Crippen molar-refractivity contribution in [3.8, 4) is 6.07 Å². The highest BCUT2D eigenvalue weighted by molar-refractivity contribution is 5.85.